The lowest BCUT2D eigenvalue weighted by Crippen LogP contribution is -2.45. The summed E-state index contributed by atoms with van der Waals surface area (Å²) in [4.78, 5) is 25.3. The number of nitrogens with zero attached hydrogens (tertiary/aromatic N) is 1. The number of ether oxygens (including phenoxy) is 1. The third-order valence-corrected chi connectivity index (χ3v) is 3.60. The van der Waals surface area contributed by atoms with Gasteiger partial charge in [0.2, 0.25) is 5.91 Å². The summed E-state index contributed by atoms with van der Waals surface area (Å²) in [6.45, 7) is 4.86. The Balaban J connectivity index is 2.04. The number of hydrogen-bond donors (Lipinski definition) is 2. The van der Waals surface area contributed by atoms with E-state index in [1.165, 1.54) is 0 Å². The first-order valence-electron chi connectivity index (χ1n) is 7.58. The van der Waals surface area contributed by atoms with E-state index >= 15 is 0 Å². The number of para-hydroxylation sites is 2. The number of rotatable bonds is 4. The molecule has 0 unspecified atom stereocenters. The minimum Gasteiger partial charge on any atom is -0.489 e. The molecule has 0 aromatic heterocycles. The topological polar surface area (TPSA) is 84.7 Å². The highest BCUT2D eigenvalue weighted by molar-refractivity contribution is 5.91. The number of carbonyl (C=O) groups is 2. The first kappa shape index (κ1) is 16.1. The third kappa shape index (κ3) is 4.13. The lowest BCUT2D eigenvalue weighted by molar-refractivity contribution is -0.123. The third-order valence-electron chi connectivity index (χ3n) is 3.60. The predicted molar refractivity (Wildman–Crippen MR) is 84.7 cm³/mol. The SMILES string of the molecule is CC(C)Oc1ccccc1NC(=O)N1CCC[C@H](C(N)=O)C1. The van der Waals surface area contributed by atoms with E-state index in [1.54, 1.807) is 11.0 Å². The van der Waals surface area contributed by atoms with Crippen LogP contribution in [0.4, 0.5) is 10.5 Å². The van der Waals surface area contributed by atoms with Gasteiger partial charge in [-0.25, -0.2) is 4.79 Å². The van der Waals surface area contributed by atoms with Crippen molar-refractivity contribution in [1.29, 1.82) is 0 Å². The van der Waals surface area contributed by atoms with E-state index in [1.807, 2.05) is 32.0 Å². The van der Waals surface area contributed by atoms with Gasteiger partial charge in [0.15, 0.2) is 0 Å². The molecule has 3 amide bonds. The molecule has 1 heterocycles. The fraction of sp³-hybridized carbons (Fsp3) is 0.500. The Hall–Kier alpha value is -2.24. The van der Waals surface area contributed by atoms with E-state index in [-0.39, 0.29) is 24.0 Å². The van der Waals surface area contributed by atoms with Crippen LogP contribution in [0.2, 0.25) is 0 Å². The molecule has 0 spiro atoms. The Bertz CT molecular complexity index is 545. The number of likely N-dealkylation sites (tertiary alicyclic amines) is 1. The molecule has 0 radical (unpaired) electrons. The van der Waals surface area contributed by atoms with Gasteiger partial charge >= 0.3 is 6.03 Å². The molecule has 1 aromatic rings. The van der Waals surface area contributed by atoms with Crippen LogP contribution in [0.5, 0.6) is 5.75 Å². The summed E-state index contributed by atoms with van der Waals surface area (Å²) in [5, 5.41) is 2.85. The molecule has 1 aromatic carbocycles. The van der Waals surface area contributed by atoms with Crippen molar-refractivity contribution in [3.63, 3.8) is 0 Å². The second-order valence-electron chi connectivity index (χ2n) is 5.78. The summed E-state index contributed by atoms with van der Waals surface area (Å²) < 4.78 is 5.69. The number of hydrogen-bond acceptors (Lipinski definition) is 3. The van der Waals surface area contributed by atoms with Crippen molar-refractivity contribution >= 4 is 17.6 Å². The maximum absolute atomic E-state index is 12.4. The smallest absolute Gasteiger partial charge is 0.321 e. The average Bonchev–Trinajstić information content (AvgIpc) is 2.49. The fourth-order valence-corrected chi connectivity index (χ4v) is 2.51. The van der Waals surface area contributed by atoms with E-state index in [0.29, 0.717) is 24.5 Å². The van der Waals surface area contributed by atoms with Crippen molar-refractivity contribution in [1.82, 2.24) is 4.90 Å². The molecular formula is C16H23N3O3. The minimum atomic E-state index is -0.346. The van der Waals surface area contributed by atoms with Crippen molar-refractivity contribution in [2.45, 2.75) is 32.8 Å². The average molecular weight is 305 g/mol. The predicted octanol–water partition coefficient (Wildman–Crippen LogP) is 2.20. The molecule has 22 heavy (non-hydrogen) atoms. The van der Waals surface area contributed by atoms with Gasteiger partial charge in [0.05, 0.1) is 17.7 Å². The van der Waals surface area contributed by atoms with E-state index < -0.39 is 0 Å². The Kier molecular flexibility index (Phi) is 5.25. The summed E-state index contributed by atoms with van der Waals surface area (Å²) in [6.07, 6.45) is 1.55. The molecule has 1 fully saturated rings. The normalized spacial score (nSPS) is 18.1. The molecule has 6 heteroatoms. The highest BCUT2D eigenvalue weighted by Crippen LogP contribution is 2.26. The van der Waals surface area contributed by atoms with Gasteiger partial charge in [0.25, 0.3) is 0 Å². The second-order valence-corrected chi connectivity index (χ2v) is 5.78. The number of piperidine rings is 1. The quantitative estimate of drug-likeness (QED) is 0.894. The minimum absolute atomic E-state index is 0.0206. The first-order valence-corrected chi connectivity index (χ1v) is 7.58. The number of urea groups is 1. The Morgan fingerprint density at radius 1 is 1.36 bits per heavy atom. The number of nitrogens with two attached hydrogens (primary N) is 1. The van der Waals surface area contributed by atoms with Gasteiger partial charge < -0.3 is 20.7 Å². The van der Waals surface area contributed by atoms with Gasteiger partial charge in [-0.2, -0.15) is 0 Å². The number of benzene rings is 1. The molecular weight excluding hydrogens is 282 g/mol. The van der Waals surface area contributed by atoms with Gasteiger partial charge in [-0.15, -0.1) is 0 Å². The van der Waals surface area contributed by atoms with Crippen LogP contribution in [0.15, 0.2) is 24.3 Å². The van der Waals surface area contributed by atoms with Crippen LogP contribution < -0.4 is 15.8 Å². The molecule has 6 nitrogen and oxygen atoms in total. The van der Waals surface area contributed by atoms with Crippen LogP contribution in [0.25, 0.3) is 0 Å². The molecule has 1 atom stereocenters. The maximum atomic E-state index is 12.4. The summed E-state index contributed by atoms with van der Waals surface area (Å²) >= 11 is 0. The number of primary amides is 1. The van der Waals surface area contributed by atoms with Gasteiger partial charge in [-0.1, -0.05) is 12.1 Å². The van der Waals surface area contributed by atoms with Crippen molar-refractivity contribution in [3.8, 4) is 5.75 Å². The highest BCUT2D eigenvalue weighted by atomic mass is 16.5. The zero-order valence-corrected chi connectivity index (χ0v) is 13.0. The summed E-state index contributed by atoms with van der Waals surface area (Å²) in [7, 11) is 0. The van der Waals surface area contributed by atoms with Crippen LogP contribution in [-0.4, -0.2) is 36.0 Å². The molecule has 120 valence electrons. The summed E-state index contributed by atoms with van der Waals surface area (Å²) in [5.74, 6) is 0.0250. The van der Waals surface area contributed by atoms with Crippen molar-refractivity contribution in [2.75, 3.05) is 18.4 Å². The van der Waals surface area contributed by atoms with Crippen LogP contribution >= 0.6 is 0 Å². The van der Waals surface area contributed by atoms with Gasteiger partial charge in [-0.3, -0.25) is 4.79 Å². The second kappa shape index (κ2) is 7.15. The highest BCUT2D eigenvalue weighted by Gasteiger charge is 2.27. The Labute approximate surface area is 130 Å². The van der Waals surface area contributed by atoms with Gasteiger partial charge in [0.1, 0.15) is 5.75 Å². The molecule has 0 bridgehead atoms. The largest absolute Gasteiger partial charge is 0.489 e. The Morgan fingerprint density at radius 2 is 2.09 bits per heavy atom. The van der Waals surface area contributed by atoms with Crippen LogP contribution in [0, 0.1) is 5.92 Å². The molecule has 0 saturated carbocycles. The number of anilines is 1. The number of amides is 3. The molecule has 1 aliphatic rings. The lowest BCUT2D eigenvalue weighted by Gasteiger charge is -2.31. The molecule has 2 rings (SSSR count). The molecule has 1 saturated heterocycles. The molecule has 1 aliphatic heterocycles. The van der Waals surface area contributed by atoms with Crippen molar-refractivity contribution in [2.24, 2.45) is 11.7 Å². The zero-order chi connectivity index (χ0) is 16.1. The van der Waals surface area contributed by atoms with E-state index in [0.717, 1.165) is 12.8 Å². The molecule has 0 aliphatic carbocycles. The van der Waals surface area contributed by atoms with E-state index in [9.17, 15) is 9.59 Å². The van der Waals surface area contributed by atoms with E-state index in [4.69, 9.17) is 10.5 Å². The van der Waals surface area contributed by atoms with E-state index in [2.05, 4.69) is 5.32 Å². The van der Waals surface area contributed by atoms with Crippen LogP contribution in [-0.2, 0) is 4.79 Å². The monoisotopic (exact) mass is 305 g/mol. The number of nitrogens with one attached hydrogen (secondary N) is 1. The summed E-state index contributed by atoms with van der Waals surface area (Å²) in [5.41, 5.74) is 5.97. The summed E-state index contributed by atoms with van der Waals surface area (Å²) in [6, 6.07) is 7.08. The van der Waals surface area contributed by atoms with Crippen molar-refractivity contribution < 1.29 is 14.3 Å². The number of carbonyl (C=O) groups excluding carboxylic acids is 2. The zero-order valence-electron chi connectivity index (χ0n) is 13.0. The van der Waals surface area contributed by atoms with Gasteiger partial charge in [-0.05, 0) is 38.8 Å². The fourth-order valence-electron chi connectivity index (χ4n) is 2.51. The van der Waals surface area contributed by atoms with Crippen molar-refractivity contribution in [3.05, 3.63) is 24.3 Å². The van der Waals surface area contributed by atoms with Gasteiger partial charge in [0, 0.05) is 13.1 Å². The Morgan fingerprint density at radius 3 is 2.77 bits per heavy atom. The van der Waals surface area contributed by atoms with Crippen LogP contribution in [0.1, 0.15) is 26.7 Å². The van der Waals surface area contributed by atoms with Crippen LogP contribution in [0.3, 0.4) is 0 Å². The molecule has 3 N–H and O–H groups in total. The first-order chi connectivity index (χ1) is 10.5. The standard InChI is InChI=1S/C16H23N3O3/c1-11(2)22-14-8-4-3-7-13(14)18-16(21)19-9-5-6-12(10-19)15(17)20/h3-4,7-8,11-12H,5-6,9-10H2,1-2H3,(H2,17,20)(H,18,21)/t12-/m0/s1. The maximum Gasteiger partial charge on any atom is 0.321 e. The lowest BCUT2D eigenvalue weighted by atomic mass is 9.98.